The fourth-order valence-corrected chi connectivity index (χ4v) is 2.39. The van der Waals surface area contributed by atoms with Gasteiger partial charge in [0.1, 0.15) is 0 Å². The number of hydrogen-bond acceptors (Lipinski definition) is 4. The monoisotopic (exact) mass is 339 g/mol. The van der Waals surface area contributed by atoms with Gasteiger partial charge in [-0.1, -0.05) is 37.8 Å². The summed E-state index contributed by atoms with van der Waals surface area (Å²) in [6, 6.07) is 7.44. The minimum absolute atomic E-state index is 0.350. The van der Waals surface area contributed by atoms with Crippen molar-refractivity contribution in [2.45, 2.75) is 33.4 Å². The molecule has 0 aliphatic heterocycles. The highest BCUT2D eigenvalue weighted by atomic mass is 16.5. The van der Waals surface area contributed by atoms with Crippen molar-refractivity contribution < 1.29 is 9.53 Å². The molecule has 0 aliphatic carbocycles. The predicted octanol–water partition coefficient (Wildman–Crippen LogP) is 2.82. The zero-order valence-corrected chi connectivity index (χ0v) is 15.1. The van der Waals surface area contributed by atoms with Gasteiger partial charge in [-0.15, -0.1) is 0 Å². The van der Waals surface area contributed by atoms with Crippen LogP contribution in [0.3, 0.4) is 0 Å². The first kappa shape index (κ1) is 18.8. The van der Waals surface area contributed by atoms with Crippen LogP contribution in [0.4, 0.5) is 0 Å². The number of aromatic nitrogens is 2. The smallest absolute Gasteiger partial charge is 0.339 e. The number of rotatable bonds is 7. The molecule has 0 fully saturated rings. The lowest BCUT2D eigenvalue weighted by molar-refractivity contribution is 0.0438. The Kier molecular flexibility index (Phi) is 7.24. The highest BCUT2D eigenvalue weighted by molar-refractivity contribution is 5.89. The minimum atomic E-state index is -0.430. The minimum Gasteiger partial charge on any atom is -0.446 e. The van der Waals surface area contributed by atoms with E-state index in [9.17, 15) is 4.79 Å². The van der Waals surface area contributed by atoms with E-state index >= 15 is 0 Å². The Morgan fingerprint density at radius 1 is 1.36 bits per heavy atom. The molecule has 1 heterocycles. The maximum absolute atomic E-state index is 12.3. The van der Waals surface area contributed by atoms with E-state index in [1.807, 2.05) is 29.0 Å². The quantitative estimate of drug-likeness (QED) is 0.575. The van der Waals surface area contributed by atoms with E-state index in [-0.39, 0.29) is 5.97 Å². The van der Waals surface area contributed by atoms with Crippen molar-refractivity contribution in [2.75, 3.05) is 19.6 Å². The van der Waals surface area contributed by atoms with E-state index in [1.54, 1.807) is 25.5 Å². The summed E-state index contributed by atoms with van der Waals surface area (Å²) in [5.74, 6) is 5.71. The lowest BCUT2D eigenvalue weighted by Gasteiger charge is -2.13. The number of benzene rings is 1. The lowest BCUT2D eigenvalue weighted by atomic mass is 10.1. The average Bonchev–Trinajstić information content (AvgIpc) is 3.12. The first-order chi connectivity index (χ1) is 12.1. The van der Waals surface area contributed by atoms with Gasteiger partial charge in [0, 0.05) is 18.9 Å². The van der Waals surface area contributed by atoms with Gasteiger partial charge < -0.3 is 9.30 Å². The predicted molar refractivity (Wildman–Crippen MR) is 98.2 cm³/mol. The Morgan fingerprint density at radius 2 is 2.16 bits per heavy atom. The normalized spacial score (nSPS) is 11.7. The second kappa shape index (κ2) is 9.65. The number of hydrogen-bond donors (Lipinski definition) is 0. The topological polar surface area (TPSA) is 47.4 Å². The van der Waals surface area contributed by atoms with E-state index in [4.69, 9.17) is 4.74 Å². The molecule has 0 radical (unpaired) electrons. The molecular formula is C20H25N3O2. The zero-order chi connectivity index (χ0) is 18.1. The zero-order valence-electron chi connectivity index (χ0n) is 15.1. The highest BCUT2D eigenvalue weighted by Crippen LogP contribution is 2.09. The fraction of sp³-hybridized carbons (Fsp3) is 0.400. The summed E-state index contributed by atoms with van der Waals surface area (Å²) in [5, 5.41) is 0. The van der Waals surface area contributed by atoms with Crippen LogP contribution in [0.5, 0.6) is 0 Å². The summed E-state index contributed by atoms with van der Waals surface area (Å²) >= 11 is 0. The van der Waals surface area contributed by atoms with Gasteiger partial charge in [0.25, 0.3) is 0 Å². The van der Waals surface area contributed by atoms with Crippen molar-refractivity contribution in [3.05, 3.63) is 54.1 Å². The average molecular weight is 339 g/mol. The third-order valence-corrected chi connectivity index (χ3v) is 3.87. The summed E-state index contributed by atoms with van der Waals surface area (Å²) < 4.78 is 7.38. The van der Waals surface area contributed by atoms with Gasteiger partial charge >= 0.3 is 5.97 Å². The third-order valence-electron chi connectivity index (χ3n) is 3.87. The Balaban J connectivity index is 1.93. The first-order valence-electron chi connectivity index (χ1n) is 8.58. The van der Waals surface area contributed by atoms with Crippen molar-refractivity contribution in [3.8, 4) is 11.8 Å². The van der Waals surface area contributed by atoms with Gasteiger partial charge in [0.15, 0.2) is 6.10 Å². The van der Waals surface area contributed by atoms with E-state index < -0.39 is 6.10 Å². The summed E-state index contributed by atoms with van der Waals surface area (Å²) in [4.78, 5) is 18.5. The highest BCUT2D eigenvalue weighted by Gasteiger charge is 2.11. The first-order valence-corrected chi connectivity index (χ1v) is 8.58. The molecule has 1 atom stereocenters. The molecule has 0 aliphatic rings. The number of carbonyl (C=O) groups is 1. The van der Waals surface area contributed by atoms with Crippen LogP contribution in [-0.2, 0) is 11.3 Å². The van der Waals surface area contributed by atoms with Crippen LogP contribution in [0.1, 0.15) is 36.7 Å². The van der Waals surface area contributed by atoms with Gasteiger partial charge in [0.05, 0.1) is 18.4 Å². The van der Waals surface area contributed by atoms with Crippen LogP contribution >= 0.6 is 0 Å². The molecule has 0 spiro atoms. The van der Waals surface area contributed by atoms with Crippen molar-refractivity contribution in [1.82, 2.24) is 14.5 Å². The summed E-state index contributed by atoms with van der Waals surface area (Å²) in [6.45, 7) is 9.28. The molecule has 0 saturated heterocycles. The Labute approximate surface area is 149 Å². The van der Waals surface area contributed by atoms with Crippen LogP contribution in [-0.4, -0.2) is 46.2 Å². The molecule has 0 bridgehead atoms. The Bertz CT molecular complexity index is 725. The molecule has 132 valence electrons. The number of ether oxygens (including phenoxy) is 1. The molecule has 0 N–H and O–H groups in total. The molecule has 0 saturated carbocycles. The second-order valence-corrected chi connectivity index (χ2v) is 5.77. The lowest BCUT2D eigenvalue weighted by Crippen LogP contribution is -2.23. The molecule has 5 heteroatoms. The SMILES string of the molecule is CCN(CC)CC#CC(C)OC(=O)c1cccc(Cn2ccnc2)c1. The molecule has 1 unspecified atom stereocenters. The molecule has 25 heavy (non-hydrogen) atoms. The van der Waals surface area contributed by atoms with Gasteiger partial charge in [-0.2, -0.15) is 0 Å². The van der Waals surface area contributed by atoms with Gasteiger partial charge in [-0.05, 0) is 37.7 Å². The largest absolute Gasteiger partial charge is 0.446 e. The molecule has 5 nitrogen and oxygen atoms in total. The number of esters is 1. The molecule has 1 aromatic heterocycles. The Morgan fingerprint density at radius 3 is 2.84 bits per heavy atom. The van der Waals surface area contributed by atoms with Crippen molar-refractivity contribution in [3.63, 3.8) is 0 Å². The number of imidazole rings is 1. The van der Waals surface area contributed by atoms with Crippen LogP contribution in [0.2, 0.25) is 0 Å². The summed E-state index contributed by atoms with van der Waals surface area (Å²) in [5.41, 5.74) is 1.56. The van der Waals surface area contributed by atoms with E-state index in [0.717, 1.165) is 18.7 Å². The van der Waals surface area contributed by atoms with E-state index in [1.165, 1.54) is 0 Å². The van der Waals surface area contributed by atoms with Gasteiger partial charge in [-0.25, -0.2) is 9.78 Å². The van der Waals surface area contributed by atoms with Crippen LogP contribution in [0, 0.1) is 11.8 Å². The van der Waals surface area contributed by atoms with E-state index in [0.29, 0.717) is 18.7 Å². The molecular weight excluding hydrogens is 314 g/mol. The van der Waals surface area contributed by atoms with Crippen LogP contribution in [0.25, 0.3) is 0 Å². The number of carbonyl (C=O) groups excluding carboxylic acids is 1. The maximum atomic E-state index is 12.3. The molecule has 2 rings (SSSR count). The third kappa shape index (κ3) is 6.09. The van der Waals surface area contributed by atoms with Crippen LogP contribution < -0.4 is 0 Å². The van der Waals surface area contributed by atoms with Crippen LogP contribution in [0.15, 0.2) is 43.0 Å². The summed E-state index contributed by atoms with van der Waals surface area (Å²) in [6.07, 6.45) is 4.94. The van der Waals surface area contributed by atoms with Crippen molar-refractivity contribution >= 4 is 5.97 Å². The Hall–Kier alpha value is -2.58. The number of nitrogens with zero attached hydrogens (tertiary/aromatic N) is 3. The van der Waals surface area contributed by atoms with Crippen molar-refractivity contribution in [1.29, 1.82) is 0 Å². The van der Waals surface area contributed by atoms with Gasteiger partial charge in [-0.3, -0.25) is 4.90 Å². The van der Waals surface area contributed by atoms with E-state index in [2.05, 4.69) is 35.6 Å². The second-order valence-electron chi connectivity index (χ2n) is 5.77. The standard InChI is InChI=1S/C20H25N3O2/c1-4-22(5-2)12-7-8-17(3)25-20(24)19-10-6-9-18(14-19)15-23-13-11-21-16-23/h6,9-11,13-14,16-17H,4-5,12,15H2,1-3H3. The van der Waals surface area contributed by atoms with Gasteiger partial charge in [0.2, 0.25) is 0 Å². The maximum Gasteiger partial charge on any atom is 0.339 e. The molecule has 2 aromatic rings. The van der Waals surface area contributed by atoms with Crippen molar-refractivity contribution in [2.24, 2.45) is 0 Å². The molecule has 0 amide bonds. The summed E-state index contributed by atoms with van der Waals surface area (Å²) in [7, 11) is 0. The molecule has 1 aromatic carbocycles. The fourth-order valence-electron chi connectivity index (χ4n) is 2.39.